The number of aliphatic hydroxyl groups excluding tert-OH is 3. The second-order valence-corrected chi connectivity index (χ2v) is 13.0. The minimum absolute atomic E-state index is 0.370. The molecule has 0 saturated carbocycles. The summed E-state index contributed by atoms with van der Waals surface area (Å²) in [5.74, 6) is 0. The molecule has 0 fully saturated rings. The first-order valence-electron chi connectivity index (χ1n) is 18.3. The Kier molecular flexibility index (Phi) is 31.6. The summed E-state index contributed by atoms with van der Waals surface area (Å²) >= 11 is 0. The molecule has 3 N–H and O–H groups in total. The third-order valence-corrected chi connectivity index (χ3v) is 8.58. The molecule has 0 bridgehead atoms. The molecule has 0 rings (SSSR count). The maximum absolute atomic E-state index is 10.8. The van der Waals surface area contributed by atoms with Gasteiger partial charge in [-0.1, -0.05) is 175 Å². The van der Waals surface area contributed by atoms with Crippen molar-refractivity contribution in [3.8, 4) is 0 Å². The monoisotopic (exact) mass is 570 g/mol. The predicted molar refractivity (Wildman–Crippen MR) is 176 cm³/mol. The van der Waals surface area contributed by atoms with E-state index in [9.17, 15) is 15.3 Å². The van der Waals surface area contributed by atoms with Crippen LogP contribution in [0.2, 0.25) is 0 Å². The van der Waals surface area contributed by atoms with E-state index >= 15 is 0 Å². The van der Waals surface area contributed by atoms with Crippen molar-refractivity contribution in [1.29, 1.82) is 0 Å². The van der Waals surface area contributed by atoms with E-state index in [4.69, 9.17) is 0 Å². The Bertz CT molecular complexity index is 408. The second kappa shape index (κ2) is 31.8. The first-order chi connectivity index (χ1) is 19.5. The van der Waals surface area contributed by atoms with Crippen molar-refractivity contribution in [2.45, 2.75) is 212 Å². The SMILES string of the molecule is CCCCCCCCCC[C@@H](O)CN(C[C@H](O)CCCCCCCCCC)C[C@H](O)CCCCCCCCCC. The van der Waals surface area contributed by atoms with E-state index in [1.165, 1.54) is 135 Å². The molecule has 0 aromatic carbocycles. The van der Waals surface area contributed by atoms with Gasteiger partial charge in [-0.05, 0) is 19.3 Å². The van der Waals surface area contributed by atoms with Crippen molar-refractivity contribution in [1.82, 2.24) is 4.90 Å². The molecule has 4 nitrogen and oxygen atoms in total. The molecule has 0 radical (unpaired) electrons. The minimum atomic E-state index is -0.370. The van der Waals surface area contributed by atoms with Crippen molar-refractivity contribution >= 4 is 0 Å². The number of hydrogen-bond donors (Lipinski definition) is 3. The van der Waals surface area contributed by atoms with Gasteiger partial charge in [0.05, 0.1) is 18.3 Å². The van der Waals surface area contributed by atoms with Crippen molar-refractivity contribution in [3.05, 3.63) is 0 Å². The van der Waals surface area contributed by atoms with Crippen LogP contribution in [0.25, 0.3) is 0 Å². The van der Waals surface area contributed by atoms with Gasteiger partial charge < -0.3 is 15.3 Å². The van der Waals surface area contributed by atoms with Crippen LogP contribution in [0.1, 0.15) is 194 Å². The van der Waals surface area contributed by atoms with Crippen LogP contribution in [0.4, 0.5) is 0 Å². The average molecular weight is 570 g/mol. The lowest BCUT2D eigenvalue weighted by Gasteiger charge is -2.29. The maximum atomic E-state index is 10.8. The van der Waals surface area contributed by atoms with Crippen LogP contribution in [-0.2, 0) is 0 Å². The summed E-state index contributed by atoms with van der Waals surface area (Å²) in [6, 6.07) is 0. The first-order valence-corrected chi connectivity index (χ1v) is 18.3. The fourth-order valence-electron chi connectivity index (χ4n) is 5.93. The van der Waals surface area contributed by atoms with Gasteiger partial charge in [0.15, 0.2) is 0 Å². The fraction of sp³-hybridized carbons (Fsp3) is 1.00. The third kappa shape index (κ3) is 29.3. The van der Waals surface area contributed by atoms with E-state index in [1.807, 2.05) is 0 Å². The summed E-state index contributed by atoms with van der Waals surface area (Å²) in [6.45, 7) is 8.49. The maximum Gasteiger partial charge on any atom is 0.0667 e. The normalized spacial score (nSPS) is 14.2. The molecule has 3 atom stereocenters. The van der Waals surface area contributed by atoms with E-state index in [0.29, 0.717) is 19.6 Å². The van der Waals surface area contributed by atoms with Crippen LogP contribution < -0.4 is 0 Å². The predicted octanol–water partition coefficient (Wildman–Crippen LogP) is 9.96. The van der Waals surface area contributed by atoms with E-state index in [2.05, 4.69) is 25.7 Å². The summed E-state index contributed by atoms with van der Waals surface area (Å²) < 4.78 is 0. The first kappa shape index (κ1) is 39.8. The number of unbranched alkanes of at least 4 members (excludes halogenated alkanes) is 21. The molecule has 242 valence electrons. The van der Waals surface area contributed by atoms with Gasteiger partial charge in [-0.3, -0.25) is 4.90 Å². The fourth-order valence-corrected chi connectivity index (χ4v) is 5.93. The summed E-state index contributed by atoms with van der Waals surface area (Å²) in [7, 11) is 0. The lowest BCUT2D eigenvalue weighted by Crippen LogP contribution is -2.42. The molecule has 40 heavy (non-hydrogen) atoms. The average Bonchev–Trinajstić information content (AvgIpc) is 2.93. The van der Waals surface area contributed by atoms with E-state index in [1.54, 1.807) is 0 Å². The van der Waals surface area contributed by atoms with Crippen molar-refractivity contribution in [3.63, 3.8) is 0 Å². The van der Waals surface area contributed by atoms with Gasteiger partial charge in [0.1, 0.15) is 0 Å². The van der Waals surface area contributed by atoms with E-state index in [-0.39, 0.29) is 18.3 Å². The molecule has 0 aromatic rings. The van der Waals surface area contributed by atoms with Gasteiger partial charge >= 0.3 is 0 Å². The largest absolute Gasteiger partial charge is 0.392 e. The Morgan fingerprint density at radius 1 is 0.325 bits per heavy atom. The highest BCUT2D eigenvalue weighted by Crippen LogP contribution is 2.15. The highest BCUT2D eigenvalue weighted by atomic mass is 16.3. The molecule has 0 aliphatic heterocycles. The molecular formula is C36H75NO3. The zero-order valence-corrected chi connectivity index (χ0v) is 27.7. The highest BCUT2D eigenvalue weighted by molar-refractivity contribution is 4.73. The number of hydrogen-bond acceptors (Lipinski definition) is 4. The Morgan fingerprint density at radius 2 is 0.525 bits per heavy atom. The van der Waals surface area contributed by atoms with Gasteiger partial charge in [0.2, 0.25) is 0 Å². The zero-order chi connectivity index (χ0) is 29.5. The molecule has 0 amide bonds. The van der Waals surface area contributed by atoms with Crippen molar-refractivity contribution in [2.75, 3.05) is 19.6 Å². The molecule has 0 saturated heterocycles. The van der Waals surface area contributed by atoms with Gasteiger partial charge in [-0.25, -0.2) is 0 Å². The van der Waals surface area contributed by atoms with Gasteiger partial charge in [-0.15, -0.1) is 0 Å². The molecule has 0 heterocycles. The molecule has 0 aliphatic rings. The summed E-state index contributed by atoms with van der Waals surface area (Å²) in [5.41, 5.74) is 0. The molecular weight excluding hydrogens is 494 g/mol. The lowest BCUT2D eigenvalue weighted by atomic mass is 10.0. The second-order valence-electron chi connectivity index (χ2n) is 13.0. The number of nitrogens with zero attached hydrogens (tertiary/aromatic N) is 1. The Labute approximate surface area is 252 Å². The topological polar surface area (TPSA) is 63.9 Å². The van der Waals surface area contributed by atoms with Gasteiger partial charge in [-0.2, -0.15) is 0 Å². The number of rotatable bonds is 33. The summed E-state index contributed by atoms with van der Waals surface area (Å²) in [4.78, 5) is 2.15. The third-order valence-electron chi connectivity index (χ3n) is 8.58. The van der Waals surface area contributed by atoms with Crippen LogP contribution in [-0.4, -0.2) is 58.2 Å². The smallest absolute Gasteiger partial charge is 0.0667 e. The van der Waals surface area contributed by atoms with Gasteiger partial charge in [0, 0.05) is 19.6 Å². The summed E-state index contributed by atoms with van der Waals surface area (Å²) in [5, 5.41) is 32.3. The van der Waals surface area contributed by atoms with E-state index < -0.39 is 0 Å². The molecule has 0 aliphatic carbocycles. The van der Waals surface area contributed by atoms with E-state index in [0.717, 1.165) is 38.5 Å². The molecule has 0 aromatic heterocycles. The minimum Gasteiger partial charge on any atom is -0.392 e. The molecule has 4 heteroatoms. The standard InChI is InChI=1S/C36H75NO3/c1-4-7-10-13-16-19-22-25-28-34(38)31-37(32-35(39)29-26-23-20-17-14-11-8-5-2)33-36(40)30-27-24-21-18-15-12-9-6-3/h34-36,38-40H,4-33H2,1-3H3/t34-,35-,36-/m1/s1. The summed E-state index contributed by atoms with van der Waals surface area (Å²) in [6.07, 6.45) is 32.0. The molecule has 0 unspecified atom stereocenters. The van der Waals surface area contributed by atoms with Crippen LogP contribution in [0, 0.1) is 0 Å². The van der Waals surface area contributed by atoms with Crippen LogP contribution in [0.15, 0.2) is 0 Å². The van der Waals surface area contributed by atoms with Gasteiger partial charge in [0.25, 0.3) is 0 Å². The van der Waals surface area contributed by atoms with Crippen LogP contribution in [0.5, 0.6) is 0 Å². The quantitative estimate of drug-likeness (QED) is 0.0688. The molecule has 0 spiro atoms. The lowest BCUT2D eigenvalue weighted by molar-refractivity contribution is 0.0300. The van der Waals surface area contributed by atoms with Crippen LogP contribution in [0.3, 0.4) is 0 Å². The Hall–Kier alpha value is -0.160. The highest BCUT2D eigenvalue weighted by Gasteiger charge is 2.19. The number of aliphatic hydroxyl groups is 3. The van der Waals surface area contributed by atoms with Crippen molar-refractivity contribution in [2.24, 2.45) is 0 Å². The van der Waals surface area contributed by atoms with Crippen molar-refractivity contribution < 1.29 is 15.3 Å². The zero-order valence-electron chi connectivity index (χ0n) is 27.7. The van der Waals surface area contributed by atoms with Crippen LogP contribution >= 0.6 is 0 Å². The Balaban J connectivity index is 4.36. The Morgan fingerprint density at radius 3 is 0.750 bits per heavy atom.